The van der Waals surface area contributed by atoms with Crippen molar-refractivity contribution in [1.82, 2.24) is 0 Å². The van der Waals surface area contributed by atoms with Crippen LogP contribution in [0.1, 0.15) is 12.0 Å². The first kappa shape index (κ1) is 12.2. The van der Waals surface area contributed by atoms with Crippen molar-refractivity contribution in [2.45, 2.75) is 6.43 Å². The Morgan fingerprint density at radius 3 is 2.32 bits per heavy atom. The van der Waals surface area contributed by atoms with Gasteiger partial charge >= 0.3 is 0 Å². The number of hydrogen-bond donors (Lipinski definition) is 0. The zero-order valence-electron chi connectivity index (χ0n) is 9.74. The lowest BCUT2D eigenvalue weighted by molar-refractivity contribution is 0.153. The Morgan fingerprint density at radius 2 is 1.63 bits per heavy atom. The van der Waals surface area contributed by atoms with Gasteiger partial charge in [0, 0.05) is 16.0 Å². The average Bonchev–Trinajstić information content (AvgIpc) is 2.78. The van der Waals surface area contributed by atoms with Crippen LogP contribution in [0.5, 0.6) is 0 Å². The Labute approximate surface area is 113 Å². The van der Waals surface area contributed by atoms with Crippen LogP contribution >= 0.6 is 11.6 Å². The zero-order chi connectivity index (χ0) is 13.4. The largest absolute Gasteiger partial charge is 0.456 e. The number of alkyl halides is 2. The second kappa shape index (κ2) is 4.67. The summed E-state index contributed by atoms with van der Waals surface area (Å²) in [7, 11) is 0. The van der Waals surface area contributed by atoms with Gasteiger partial charge in [0.1, 0.15) is 11.3 Å². The number of fused-ring (bicyclic) bond motifs is 1. The van der Waals surface area contributed by atoms with Crippen molar-refractivity contribution in [3.05, 3.63) is 59.1 Å². The van der Waals surface area contributed by atoms with E-state index in [1.54, 1.807) is 48.5 Å². The van der Waals surface area contributed by atoms with Crippen LogP contribution in [-0.2, 0) is 0 Å². The van der Waals surface area contributed by atoms with Crippen LogP contribution in [0.4, 0.5) is 8.78 Å². The molecule has 0 aliphatic rings. The van der Waals surface area contributed by atoms with E-state index in [1.807, 2.05) is 0 Å². The number of rotatable bonds is 2. The van der Waals surface area contributed by atoms with Crippen LogP contribution < -0.4 is 0 Å². The van der Waals surface area contributed by atoms with Crippen molar-refractivity contribution in [2.75, 3.05) is 0 Å². The molecule has 0 aliphatic heterocycles. The van der Waals surface area contributed by atoms with Crippen molar-refractivity contribution in [3.8, 4) is 11.3 Å². The summed E-state index contributed by atoms with van der Waals surface area (Å²) in [5.74, 6) is 0.202. The summed E-state index contributed by atoms with van der Waals surface area (Å²) in [5, 5.41) is 1.00. The van der Waals surface area contributed by atoms with E-state index < -0.39 is 6.43 Å². The number of halogens is 3. The molecule has 0 saturated heterocycles. The van der Waals surface area contributed by atoms with Gasteiger partial charge in [0.2, 0.25) is 0 Å². The SMILES string of the molecule is FC(F)c1c(-c2ccc(Cl)cc2)oc2ccccc12. The Balaban J connectivity index is 2.28. The van der Waals surface area contributed by atoms with Gasteiger partial charge in [-0.2, -0.15) is 0 Å². The predicted octanol–water partition coefficient (Wildman–Crippen LogP) is 5.69. The molecule has 3 rings (SSSR count). The highest BCUT2D eigenvalue weighted by atomic mass is 35.5. The number of furan rings is 1. The second-order valence-corrected chi connectivity index (χ2v) is 4.59. The van der Waals surface area contributed by atoms with Gasteiger partial charge < -0.3 is 4.42 Å². The highest BCUT2D eigenvalue weighted by molar-refractivity contribution is 6.30. The Hall–Kier alpha value is -1.87. The van der Waals surface area contributed by atoms with E-state index in [0.717, 1.165) is 0 Å². The first-order chi connectivity index (χ1) is 9.16. The van der Waals surface area contributed by atoms with E-state index in [-0.39, 0.29) is 11.3 Å². The topological polar surface area (TPSA) is 13.1 Å². The normalized spacial score (nSPS) is 11.4. The van der Waals surface area contributed by atoms with E-state index in [2.05, 4.69) is 0 Å². The molecule has 2 aromatic carbocycles. The molecule has 0 amide bonds. The molecule has 0 atom stereocenters. The summed E-state index contributed by atoms with van der Waals surface area (Å²) in [5.41, 5.74) is 0.983. The third-order valence-corrected chi connectivity index (χ3v) is 3.21. The summed E-state index contributed by atoms with van der Waals surface area (Å²) < 4.78 is 32.1. The zero-order valence-corrected chi connectivity index (χ0v) is 10.5. The molecule has 3 aromatic rings. The van der Waals surface area contributed by atoms with Gasteiger partial charge in [-0.1, -0.05) is 29.8 Å². The maximum atomic E-state index is 13.3. The molecular formula is C15H9ClF2O. The van der Waals surface area contributed by atoms with Crippen LogP contribution in [0.2, 0.25) is 5.02 Å². The molecule has 0 radical (unpaired) electrons. The second-order valence-electron chi connectivity index (χ2n) is 4.15. The third kappa shape index (κ3) is 2.10. The van der Waals surface area contributed by atoms with Crippen LogP contribution in [0.25, 0.3) is 22.3 Å². The fourth-order valence-corrected chi connectivity index (χ4v) is 2.22. The predicted molar refractivity (Wildman–Crippen MR) is 71.6 cm³/mol. The Morgan fingerprint density at radius 1 is 0.947 bits per heavy atom. The molecular weight excluding hydrogens is 270 g/mol. The molecule has 19 heavy (non-hydrogen) atoms. The quantitative estimate of drug-likeness (QED) is 0.587. The number of hydrogen-bond acceptors (Lipinski definition) is 1. The minimum absolute atomic E-state index is 0.0714. The molecule has 1 heterocycles. The minimum atomic E-state index is -2.59. The average molecular weight is 279 g/mol. The molecule has 0 fully saturated rings. The van der Waals surface area contributed by atoms with Crippen molar-refractivity contribution in [3.63, 3.8) is 0 Å². The van der Waals surface area contributed by atoms with Gasteiger partial charge in [-0.05, 0) is 30.3 Å². The summed E-state index contributed by atoms with van der Waals surface area (Å²) in [4.78, 5) is 0. The first-order valence-corrected chi connectivity index (χ1v) is 6.10. The fourth-order valence-electron chi connectivity index (χ4n) is 2.10. The molecule has 0 aliphatic carbocycles. The summed E-state index contributed by atoms with van der Waals surface area (Å²) in [6, 6.07) is 13.4. The van der Waals surface area contributed by atoms with Crippen LogP contribution in [-0.4, -0.2) is 0 Å². The Kier molecular flexibility index (Phi) is 2.99. The van der Waals surface area contributed by atoms with Gasteiger partial charge in [0.15, 0.2) is 0 Å². The molecule has 0 N–H and O–H groups in total. The lowest BCUT2D eigenvalue weighted by Gasteiger charge is -2.02. The van der Waals surface area contributed by atoms with Crippen LogP contribution in [0, 0.1) is 0 Å². The van der Waals surface area contributed by atoms with Gasteiger partial charge in [-0.3, -0.25) is 0 Å². The molecule has 0 saturated carbocycles. The van der Waals surface area contributed by atoms with E-state index in [4.69, 9.17) is 16.0 Å². The maximum Gasteiger partial charge on any atom is 0.268 e. The third-order valence-electron chi connectivity index (χ3n) is 2.96. The highest BCUT2D eigenvalue weighted by Crippen LogP contribution is 2.39. The van der Waals surface area contributed by atoms with Crippen molar-refractivity contribution >= 4 is 22.6 Å². The van der Waals surface area contributed by atoms with E-state index in [0.29, 0.717) is 21.6 Å². The lowest BCUT2D eigenvalue weighted by Crippen LogP contribution is -1.86. The van der Waals surface area contributed by atoms with Gasteiger partial charge in [0.25, 0.3) is 6.43 Å². The minimum Gasteiger partial charge on any atom is -0.456 e. The fraction of sp³-hybridized carbons (Fsp3) is 0.0667. The number of para-hydroxylation sites is 1. The van der Waals surface area contributed by atoms with Crippen LogP contribution in [0.15, 0.2) is 52.9 Å². The highest BCUT2D eigenvalue weighted by Gasteiger charge is 2.22. The van der Waals surface area contributed by atoms with Gasteiger partial charge in [-0.15, -0.1) is 0 Å². The van der Waals surface area contributed by atoms with E-state index in [9.17, 15) is 8.78 Å². The smallest absolute Gasteiger partial charge is 0.268 e. The van der Waals surface area contributed by atoms with Gasteiger partial charge in [-0.25, -0.2) is 8.78 Å². The Bertz CT molecular complexity index is 717. The van der Waals surface area contributed by atoms with Crippen molar-refractivity contribution in [1.29, 1.82) is 0 Å². The molecule has 0 bridgehead atoms. The lowest BCUT2D eigenvalue weighted by atomic mass is 10.1. The summed E-state index contributed by atoms with van der Waals surface area (Å²) in [6.07, 6.45) is -2.59. The van der Waals surface area contributed by atoms with Crippen molar-refractivity contribution in [2.24, 2.45) is 0 Å². The molecule has 0 unspecified atom stereocenters. The molecule has 1 aromatic heterocycles. The maximum absolute atomic E-state index is 13.3. The molecule has 1 nitrogen and oxygen atoms in total. The first-order valence-electron chi connectivity index (χ1n) is 5.72. The van der Waals surface area contributed by atoms with Crippen LogP contribution in [0.3, 0.4) is 0 Å². The summed E-state index contributed by atoms with van der Waals surface area (Å²) in [6.45, 7) is 0. The number of benzene rings is 2. The van der Waals surface area contributed by atoms with E-state index >= 15 is 0 Å². The molecule has 4 heteroatoms. The van der Waals surface area contributed by atoms with Gasteiger partial charge in [0.05, 0.1) is 5.56 Å². The summed E-state index contributed by atoms with van der Waals surface area (Å²) >= 11 is 5.80. The molecule has 0 spiro atoms. The standard InChI is InChI=1S/C15H9ClF2O/c16-10-7-5-9(6-8-10)14-13(15(17)18)11-3-1-2-4-12(11)19-14/h1-8,15H. The monoisotopic (exact) mass is 278 g/mol. The van der Waals surface area contributed by atoms with Crippen molar-refractivity contribution < 1.29 is 13.2 Å². The van der Waals surface area contributed by atoms with E-state index in [1.165, 1.54) is 0 Å². The molecule has 96 valence electrons.